The summed E-state index contributed by atoms with van der Waals surface area (Å²) in [5, 5.41) is 0. The van der Waals surface area contributed by atoms with Crippen LogP contribution in [0.1, 0.15) is 5.56 Å². The zero-order valence-electron chi connectivity index (χ0n) is 10.7. The molecule has 0 fully saturated rings. The fourth-order valence-electron chi connectivity index (χ4n) is 1.87. The molecule has 0 unspecified atom stereocenters. The standard InChI is InChI=1S/C15H16N2O2/c1-19-15(18)14(16)10-11-2-4-12(5-3-11)13-6-8-17-9-7-13/h2-9,14H,10,16H2,1H3/t14-/m0/s1. The molecule has 1 aromatic heterocycles. The Kier molecular flexibility index (Phi) is 4.26. The first-order valence-corrected chi connectivity index (χ1v) is 6.03. The molecule has 0 saturated heterocycles. The zero-order chi connectivity index (χ0) is 13.7. The van der Waals surface area contributed by atoms with Crippen LogP contribution >= 0.6 is 0 Å². The van der Waals surface area contributed by atoms with Crippen LogP contribution in [0, 0.1) is 0 Å². The van der Waals surface area contributed by atoms with Gasteiger partial charge >= 0.3 is 5.97 Å². The third kappa shape index (κ3) is 3.39. The van der Waals surface area contributed by atoms with Gasteiger partial charge in [-0.15, -0.1) is 0 Å². The van der Waals surface area contributed by atoms with Gasteiger partial charge in [0.05, 0.1) is 7.11 Å². The highest BCUT2D eigenvalue weighted by molar-refractivity contribution is 5.75. The van der Waals surface area contributed by atoms with E-state index < -0.39 is 12.0 Å². The predicted molar refractivity (Wildman–Crippen MR) is 73.4 cm³/mol. The van der Waals surface area contributed by atoms with E-state index in [9.17, 15) is 4.79 Å². The van der Waals surface area contributed by atoms with Crippen LogP contribution in [0.15, 0.2) is 48.8 Å². The summed E-state index contributed by atoms with van der Waals surface area (Å²) in [7, 11) is 1.34. The lowest BCUT2D eigenvalue weighted by Gasteiger charge is -2.09. The first-order valence-electron chi connectivity index (χ1n) is 6.03. The highest BCUT2D eigenvalue weighted by atomic mass is 16.5. The van der Waals surface area contributed by atoms with Gasteiger partial charge in [-0.25, -0.2) is 0 Å². The number of hydrogen-bond donors (Lipinski definition) is 1. The van der Waals surface area contributed by atoms with E-state index in [1.165, 1.54) is 7.11 Å². The van der Waals surface area contributed by atoms with Gasteiger partial charge < -0.3 is 10.5 Å². The molecule has 19 heavy (non-hydrogen) atoms. The van der Waals surface area contributed by atoms with Crippen LogP contribution < -0.4 is 5.73 Å². The molecule has 0 saturated carbocycles. The van der Waals surface area contributed by atoms with E-state index in [1.807, 2.05) is 36.4 Å². The lowest BCUT2D eigenvalue weighted by atomic mass is 10.0. The molecule has 0 bridgehead atoms. The van der Waals surface area contributed by atoms with Crippen molar-refractivity contribution in [2.75, 3.05) is 7.11 Å². The van der Waals surface area contributed by atoms with Crippen molar-refractivity contribution in [3.8, 4) is 11.1 Å². The fourth-order valence-corrected chi connectivity index (χ4v) is 1.87. The molecule has 0 aliphatic rings. The van der Waals surface area contributed by atoms with Crippen molar-refractivity contribution in [1.82, 2.24) is 4.98 Å². The van der Waals surface area contributed by atoms with E-state index in [2.05, 4.69) is 9.72 Å². The molecule has 0 amide bonds. The monoisotopic (exact) mass is 256 g/mol. The van der Waals surface area contributed by atoms with E-state index in [0.29, 0.717) is 6.42 Å². The Balaban J connectivity index is 2.09. The quantitative estimate of drug-likeness (QED) is 0.847. The van der Waals surface area contributed by atoms with Gasteiger partial charge in [0.1, 0.15) is 6.04 Å². The summed E-state index contributed by atoms with van der Waals surface area (Å²) < 4.78 is 4.61. The average Bonchev–Trinajstić information content (AvgIpc) is 2.48. The van der Waals surface area contributed by atoms with Gasteiger partial charge in [0.15, 0.2) is 0 Å². The van der Waals surface area contributed by atoms with Crippen molar-refractivity contribution in [3.63, 3.8) is 0 Å². The molecule has 4 nitrogen and oxygen atoms in total. The van der Waals surface area contributed by atoms with Gasteiger partial charge in [0, 0.05) is 12.4 Å². The summed E-state index contributed by atoms with van der Waals surface area (Å²) in [6.45, 7) is 0. The zero-order valence-corrected chi connectivity index (χ0v) is 10.7. The number of nitrogens with two attached hydrogens (primary N) is 1. The van der Waals surface area contributed by atoms with Crippen molar-refractivity contribution in [3.05, 3.63) is 54.4 Å². The molecule has 0 aliphatic carbocycles. The average molecular weight is 256 g/mol. The Morgan fingerprint density at radius 1 is 1.16 bits per heavy atom. The largest absolute Gasteiger partial charge is 0.468 e. The minimum Gasteiger partial charge on any atom is -0.468 e. The number of benzene rings is 1. The molecule has 0 aliphatic heterocycles. The van der Waals surface area contributed by atoms with Crippen LogP contribution in [0.3, 0.4) is 0 Å². The normalized spacial score (nSPS) is 11.9. The molecule has 98 valence electrons. The van der Waals surface area contributed by atoms with Crippen LogP contribution in [0.2, 0.25) is 0 Å². The topological polar surface area (TPSA) is 65.2 Å². The van der Waals surface area contributed by atoms with Gasteiger partial charge in [0.2, 0.25) is 0 Å². The Labute approximate surface area is 112 Å². The highest BCUT2D eigenvalue weighted by Gasteiger charge is 2.13. The molecular formula is C15H16N2O2. The molecular weight excluding hydrogens is 240 g/mol. The summed E-state index contributed by atoms with van der Waals surface area (Å²) in [6, 6.07) is 11.3. The van der Waals surface area contributed by atoms with Crippen molar-refractivity contribution in [1.29, 1.82) is 0 Å². The predicted octanol–water partition coefficient (Wildman–Crippen LogP) is 1.79. The number of ether oxygens (including phenoxy) is 1. The number of esters is 1. The first-order chi connectivity index (χ1) is 9.20. The lowest BCUT2D eigenvalue weighted by molar-refractivity contribution is -0.142. The maximum atomic E-state index is 11.3. The number of carbonyl (C=O) groups excluding carboxylic acids is 1. The molecule has 1 atom stereocenters. The van der Waals surface area contributed by atoms with Gasteiger partial charge in [-0.2, -0.15) is 0 Å². The molecule has 1 heterocycles. The fraction of sp³-hybridized carbons (Fsp3) is 0.200. The van der Waals surface area contributed by atoms with E-state index in [1.54, 1.807) is 12.4 Å². The number of pyridine rings is 1. The number of methoxy groups -OCH3 is 1. The Hall–Kier alpha value is -2.20. The second-order valence-electron chi connectivity index (χ2n) is 4.27. The first kappa shape index (κ1) is 13.2. The maximum Gasteiger partial charge on any atom is 0.322 e. The number of hydrogen-bond acceptors (Lipinski definition) is 4. The van der Waals surface area contributed by atoms with Crippen LogP contribution in [-0.4, -0.2) is 24.1 Å². The van der Waals surface area contributed by atoms with Gasteiger partial charge in [0.25, 0.3) is 0 Å². The van der Waals surface area contributed by atoms with Gasteiger partial charge in [-0.1, -0.05) is 24.3 Å². The Morgan fingerprint density at radius 3 is 2.32 bits per heavy atom. The van der Waals surface area contributed by atoms with E-state index in [-0.39, 0.29) is 0 Å². The van der Waals surface area contributed by atoms with Crippen molar-refractivity contribution in [2.24, 2.45) is 5.73 Å². The minimum atomic E-state index is -0.614. The Bertz CT molecular complexity index is 538. The van der Waals surface area contributed by atoms with Crippen molar-refractivity contribution in [2.45, 2.75) is 12.5 Å². The SMILES string of the molecule is COC(=O)[C@@H](N)Cc1ccc(-c2ccncc2)cc1. The summed E-state index contributed by atoms with van der Waals surface area (Å²) >= 11 is 0. The molecule has 0 radical (unpaired) electrons. The molecule has 0 spiro atoms. The summed E-state index contributed by atoms with van der Waals surface area (Å²) in [5.41, 5.74) is 8.96. The second-order valence-corrected chi connectivity index (χ2v) is 4.27. The smallest absolute Gasteiger partial charge is 0.322 e. The molecule has 2 aromatic rings. The molecule has 2 rings (SSSR count). The number of carbonyl (C=O) groups is 1. The van der Waals surface area contributed by atoms with E-state index >= 15 is 0 Å². The summed E-state index contributed by atoms with van der Waals surface area (Å²) in [5.74, 6) is -0.391. The number of rotatable bonds is 4. The van der Waals surface area contributed by atoms with Crippen LogP contribution in [0.25, 0.3) is 11.1 Å². The van der Waals surface area contributed by atoms with E-state index in [4.69, 9.17) is 5.73 Å². The number of nitrogens with zero attached hydrogens (tertiary/aromatic N) is 1. The van der Waals surface area contributed by atoms with Crippen LogP contribution in [-0.2, 0) is 16.0 Å². The van der Waals surface area contributed by atoms with Crippen LogP contribution in [0.5, 0.6) is 0 Å². The second kappa shape index (κ2) is 6.11. The van der Waals surface area contributed by atoms with Crippen molar-refractivity contribution >= 4 is 5.97 Å². The third-order valence-electron chi connectivity index (χ3n) is 2.93. The minimum absolute atomic E-state index is 0.391. The van der Waals surface area contributed by atoms with Gasteiger partial charge in [-0.05, 0) is 35.2 Å². The van der Waals surface area contributed by atoms with Crippen LogP contribution in [0.4, 0.5) is 0 Å². The third-order valence-corrected chi connectivity index (χ3v) is 2.93. The van der Waals surface area contributed by atoms with E-state index in [0.717, 1.165) is 16.7 Å². The van der Waals surface area contributed by atoms with Gasteiger partial charge in [-0.3, -0.25) is 9.78 Å². The molecule has 2 N–H and O–H groups in total. The maximum absolute atomic E-state index is 11.3. The number of aromatic nitrogens is 1. The Morgan fingerprint density at radius 2 is 1.74 bits per heavy atom. The molecule has 4 heteroatoms. The summed E-state index contributed by atoms with van der Waals surface area (Å²) in [4.78, 5) is 15.2. The highest BCUT2D eigenvalue weighted by Crippen LogP contribution is 2.19. The lowest BCUT2D eigenvalue weighted by Crippen LogP contribution is -2.33. The van der Waals surface area contributed by atoms with Crippen molar-refractivity contribution < 1.29 is 9.53 Å². The summed E-state index contributed by atoms with van der Waals surface area (Å²) in [6.07, 6.45) is 4.00. The molecule has 1 aromatic carbocycles.